The molecule has 2 heterocycles. The number of aromatic nitrogens is 1. The lowest BCUT2D eigenvalue weighted by atomic mass is 10.1. The average molecular weight is 392 g/mol. The fraction of sp³-hybridized carbons (Fsp3) is 0.190. The quantitative estimate of drug-likeness (QED) is 0.698. The van der Waals surface area contributed by atoms with Crippen molar-refractivity contribution in [2.45, 2.75) is 19.5 Å². The summed E-state index contributed by atoms with van der Waals surface area (Å²) in [7, 11) is 0. The molecule has 7 heteroatoms. The van der Waals surface area contributed by atoms with Crippen molar-refractivity contribution in [1.29, 1.82) is 0 Å². The van der Waals surface area contributed by atoms with Gasteiger partial charge in [0.1, 0.15) is 0 Å². The smallest absolute Gasteiger partial charge is 0.257 e. The van der Waals surface area contributed by atoms with Crippen molar-refractivity contribution >= 4 is 28.3 Å². The molecule has 0 fully saturated rings. The Balaban J connectivity index is 1.41. The minimum Gasteiger partial charge on any atom is -0.366 e. The molecular weight excluding hydrogens is 372 g/mol. The molecule has 0 radical (unpaired) electrons. The number of anilines is 1. The number of hydrogen-bond donors (Lipinski definition) is 2. The Bertz CT molecular complexity index is 999. The van der Waals surface area contributed by atoms with Gasteiger partial charge in [-0.05, 0) is 29.8 Å². The van der Waals surface area contributed by atoms with Gasteiger partial charge in [0.15, 0.2) is 5.13 Å². The third-order valence-electron chi connectivity index (χ3n) is 4.71. The molecule has 0 saturated heterocycles. The number of hydrogen-bond acceptors (Lipinski definition) is 5. The molecule has 1 aliphatic rings. The van der Waals surface area contributed by atoms with Gasteiger partial charge >= 0.3 is 0 Å². The van der Waals surface area contributed by atoms with Crippen LogP contribution in [0.4, 0.5) is 5.13 Å². The summed E-state index contributed by atoms with van der Waals surface area (Å²) in [5, 5.41) is 3.47. The molecule has 2 aromatic carbocycles. The molecule has 0 bridgehead atoms. The Labute approximate surface area is 167 Å². The molecule has 3 aromatic rings. The highest BCUT2D eigenvalue weighted by molar-refractivity contribution is 7.15. The van der Waals surface area contributed by atoms with Crippen molar-refractivity contribution in [3.63, 3.8) is 0 Å². The van der Waals surface area contributed by atoms with E-state index in [1.807, 2.05) is 6.07 Å². The first-order chi connectivity index (χ1) is 13.6. The van der Waals surface area contributed by atoms with E-state index in [0.717, 1.165) is 31.7 Å². The molecule has 0 aliphatic carbocycles. The summed E-state index contributed by atoms with van der Waals surface area (Å²) in [6.45, 7) is 2.70. The van der Waals surface area contributed by atoms with Gasteiger partial charge in [-0.25, -0.2) is 4.98 Å². The van der Waals surface area contributed by atoms with Crippen molar-refractivity contribution in [2.24, 2.45) is 5.73 Å². The SMILES string of the molecule is NC(=O)c1ccc(C(=O)Nc2nc3c(s2)CN(Cc2ccccc2)CC3)cc1. The molecule has 1 aliphatic heterocycles. The fourth-order valence-electron chi connectivity index (χ4n) is 3.23. The molecule has 0 spiro atoms. The first-order valence-corrected chi connectivity index (χ1v) is 9.86. The second kappa shape index (κ2) is 7.92. The summed E-state index contributed by atoms with van der Waals surface area (Å²) in [5.41, 5.74) is 8.42. The van der Waals surface area contributed by atoms with Crippen LogP contribution in [0.3, 0.4) is 0 Å². The maximum atomic E-state index is 12.4. The van der Waals surface area contributed by atoms with E-state index in [4.69, 9.17) is 5.73 Å². The second-order valence-electron chi connectivity index (χ2n) is 6.73. The number of rotatable bonds is 5. The Morgan fingerprint density at radius 1 is 1.07 bits per heavy atom. The first kappa shape index (κ1) is 18.3. The van der Waals surface area contributed by atoms with Crippen LogP contribution in [0, 0.1) is 0 Å². The van der Waals surface area contributed by atoms with Gasteiger partial charge in [-0.3, -0.25) is 19.8 Å². The van der Waals surface area contributed by atoms with Crippen molar-refractivity contribution in [2.75, 3.05) is 11.9 Å². The van der Waals surface area contributed by atoms with Crippen LogP contribution >= 0.6 is 11.3 Å². The monoisotopic (exact) mass is 392 g/mol. The highest BCUT2D eigenvalue weighted by atomic mass is 32.1. The van der Waals surface area contributed by atoms with Crippen molar-refractivity contribution in [1.82, 2.24) is 9.88 Å². The molecule has 0 saturated carbocycles. The predicted molar refractivity (Wildman–Crippen MR) is 109 cm³/mol. The van der Waals surface area contributed by atoms with Crippen LogP contribution in [0.5, 0.6) is 0 Å². The van der Waals surface area contributed by atoms with E-state index in [0.29, 0.717) is 16.3 Å². The molecular formula is C21H20N4O2S. The van der Waals surface area contributed by atoms with Crippen LogP contribution < -0.4 is 11.1 Å². The van der Waals surface area contributed by atoms with E-state index in [1.165, 1.54) is 21.8 Å². The van der Waals surface area contributed by atoms with Crippen LogP contribution in [-0.2, 0) is 19.5 Å². The van der Waals surface area contributed by atoms with E-state index in [9.17, 15) is 9.59 Å². The summed E-state index contributed by atoms with van der Waals surface area (Å²) in [6.07, 6.45) is 0.877. The van der Waals surface area contributed by atoms with E-state index in [-0.39, 0.29) is 5.91 Å². The summed E-state index contributed by atoms with van der Waals surface area (Å²) >= 11 is 1.52. The van der Waals surface area contributed by atoms with Gasteiger partial charge in [-0.2, -0.15) is 0 Å². The number of primary amides is 1. The standard InChI is InChI=1S/C21H20N4O2S/c22-19(26)15-6-8-16(9-7-15)20(27)24-21-23-17-10-11-25(13-18(17)28-21)12-14-4-2-1-3-5-14/h1-9H,10-13H2,(H2,22,26)(H,23,24,27). The zero-order valence-corrected chi connectivity index (χ0v) is 16.0. The van der Waals surface area contributed by atoms with E-state index in [1.54, 1.807) is 24.3 Å². The number of carbonyl (C=O) groups is 2. The number of benzene rings is 2. The normalized spacial score (nSPS) is 13.7. The molecule has 0 atom stereocenters. The van der Waals surface area contributed by atoms with Crippen LogP contribution in [-0.4, -0.2) is 28.2 Å². The highest BCUT2D eigenvalue weighted by Gasteiger charge is 2.21. The maximum absolute atomic E-state index is 12.4. The Kier molecular flexibility index (Phi) is 5.18. The fourth-order valence-corrected chi connectivity index (χ4v) is 4.28. The Hall–Kier alpha value is -3.03. The minimum atomic E-state index is -0.514. The van der Waals surface area contributed by atoms with Gasteiger partial charge in [0.05, 0.1) is 5.69 Å². The Morgan fingerprint density at radius 2 is 1.79 bits per heavy atom. The number of nitrogens with two attached hydrogens (primary N) is 1. The molecule has 4 rings (SSSR count). The molecule has 3 N–H and O–H groups in total. The largest absolute Gasteiger partial charge is 0.366 e. The number of nitrogens with zero attached hydrogens (tertiary/aromatic N) is 2. The van der Waals surface area contributed by atoms with Gasteiger partial charge in [-0.15, -0.1) is 11.3 Å². The molecule has 142 valence electrons. The van der Waals surface area contributed by atoms with E-state index in [2.05, 4.69) is 39.5 Å². The Morgan fingerprint density at radius 3 is 2.50 bits per heavy atom. The van der Waals surface area contributed by atoms with Crippen LogP contribution in [0.15, 0.2) is 54.6 Å². The summed E-state index contributed by atoms with van der Waals surface area (Å²) in [4.78, 5) is 31.8. The average Bonchev–Trinajstić information content (AvgIpc) is 3.10. The molecule has 28 heavy (non-hydrogen) atoms. The lowest BCUT2D eigenvalue weighted by Crippen LogP contribution is -2.29. The van der Waals surface area contributed by atoms with Gasteiger partial charge < -0.3 is 5.73 Å². The number of fused-ring (bicyclic) bond motifs is 1. The summed E-state index contributed by atoms with van der Waals surface area (Å²) in [6, 6.07) is 16.7. The molecule has 6 nitrogen and oxygen atoms in total. The van der Waals surface area contributed by atoms with E-state index >= 15 is 0 Å². The zero-order valence-electron chi connectivity index (χ0n) is 15.2. The number of carbonyl (C=O) groups excluding carboxylic acids is 2. The summed E-state index contributed by atoms with van der Waals surface area (Å²) < 4.78 is 0. The first-order valence-electron chi connectivity index (χ1n) is 9.04. The topological polar surface area (TPSA) is 88.3 Å². The molecule has 1 aromatic heterocycles. The minimum absolute atomic E-state index is 0.247. The van der Waals surface area contributed by atoms with Crippen LogP contribution in [0.2, 0.25) is 0 Å². The van der Waals surface area contributed by atoms with Gasteiger partial charge in [0.2, 0.25) is 5.91 Å². The van der Waals surface area contributed by atoms with Crippen molar-refractivity contribution < 1.29 is 9.59 Å². The highest BCUT2D eigenvalue weighted by Crippen LogP contribution is 2.29. The van der Waals surface area contributed by atoms with Crippen molar-refractivity contribution in [3.8, 4) is 0 Å². The molecule has 2 amide bonds. The number of nitrogens with one attached hydrogen (secondary N) is 1. The lowest BCUT2D eigenvalue weighted by molar-refractivity contribution is 0.0995. The van der Waals surface area contributed by atoms with Gasteiger partial charge in [0, 0.05) is 42.1 Å². The molecule has 0 unspecified atom stereocenters. The predicted octanol–water partition coefficient (Wildman–Crippen LogP) is 3.05. The van der Waals surface area contributed by atoms with Crippen LogP contribution in [0.1, 0.15) is 36.9 Å². The lowest BCUT2D eigenvalue weighted by Gasteiger charge is -2.25. The number of amides is 2. The zero-order chi connectivity index (χ0) is 19.5. The second-order valence-corrected chi connectivity index (χ2v) is 7.81. The number of thiazole rings is 1. The summed E-state index contributed by atoms with van der Waals surface area (Å²) in [5.74, 6) is -0.761. The third-order valence-corrected chi connectivity index (χ3v) is 5.71. The third kappa shape index (κ3) is 4.11. The van der Waals surface area contributed by atoms with E-state index < -0.39 is 5.91 Å². The maximum Gasteiger partial charge on any atom is 0.257 e. The van der Waals surface area contributed by atoms with Gasteiger partial charge in [-0.1, -0.05) is 30.3 Å². The van der Waals surface area contributed by atoms with Crippen LogP contribution in [0.25, 0.3) is 0 Å². The van der Waals surface area contributed by atoms with Gasteiger partial charge in [0.25, 0.3) is 5.91 Å². The van der Waals surface area contributed by atoms with Crippen molar-refractivity contribution in [3.05, 3.63) is 81.9 Å².